The fraction of sp³-hybridized carbons (Fsp3) is 0.579. The van der Waals surface area contributed by atoms with Crippen molar-refractivity contribution in [3.8, 4) is 11.5 Å². The van der Waals surface area contributed by atoms with Crippen molar-refractivity contribution >= 4 is 35.9 Å². The van der Waals surface area contributed by atoms with Crippen LogP contribution in [0.5, 0.6) is 11.5 Å². The number of methoxy groups -OCH3 is 2. The molecule has 1 aromatic carbocycles. The van der Waals surface area contributed by atoms with Crippen LogP contribution in [0.25, 0.3) is 0 Å². The second kappa shape index (κ2) is 11.9. The molecule has 7 nitrogen and oxygen atoms in total. The Labute approximate surface area is 178 Å². The summed E-state index contributed by atoms with van der Waals surface area (Å²) in [6.45, 7) is 4.36. The molecule has 0 radical (unpaired) electrons. The van der Waals surface area contributed by atoms with Crippen LogP contribution in [0.15, 0.2) is 23.2 Å². The van der Waals surface area contributed by atoms with E-state index in [2.05, 4.69) is 15.2 Å². The van der Waals surface area contributed by atoms with Crippen LogP contribution in [0.1, 0.15) is 25.3 Å². The SMILES string of the molecule is CCOC(=O)C1CCCN(C(=NC)NCc2ccc(OC)c(OC)c2)C1.I. The molecule has 1 heterocycles. The molecule has 2 rings (SSSR count). The summed E-state index contributed by atoms with van der Waals surface area (Å²) in [6, 6.07) is 5.81. The van der Waals surface area contributed by atoms with E-state index < -0.39 is 0 Å². The highest BCUT2D eigenvalue weighted by molar-refractivity contribution is 14.0. The lowest BCUT2D eigenvalue weighted by Gasteiger charge is -2.34. The summed E-state index contributed by atoms with van der Waals surface area (Å²) >= 11 is 0. The van der Waals surface area contributed by atoms with Crippen LogP contribution in [-0.2, 0) is 16.1 Å². The third-order valence-corrected chi connectivity index (χ3v) is 4.45. The van der Waals surface area contributed by atoms with Gasteiger partial charge in [-0.15, -0.1) is 24.0 Å². The van der Waals surface area contributed by atoms with Gasteiger partial charge in [0.25, 0.3) is 0 Å². The van der Waals surface area contributed by atoms with Gasteiger partial charge >= 0.3 is 5.97 Å². The van der Waals surface area contributed by atoms with Crippen LogP contribution < -0.4 is 14.8 Å². The predicted octanol–water partition coefficient (Wildman–Crippen LogP) is 2.67. The Bertz CT molecular complexity index is 639. The number of piperidine rings is 1. The molecule has 1 N–H and O–H groups in total. The van der Waals surface area contributed by atoms with Crippen molar-refractivity contribution in [3.63, 3.8) is 0 Å². The third kappa shape index (κ3) is 6.44. The largest absolute Gasteiger partial charge is 0.493 e. The summed E-state index contributed by atoms with van der Waals surface area (Å²) < 4.78 is 15.8. The van der Waals surface area contributed by atoms with E-state index in [1.54, 1.807) is 21.3 Å². The molecule has 0 aliphatic carbocycles. The molecule has 152 valence electrons. The van der Waals surface area contributed by atoms with Crippen molar-refractivity contribution in [2.75, 3.05) is 41.0 Å². The molecule has 0 aromatic heterocycles. The quantitative estimate of drug-likeness (QED) is 0.286. The Hall–Kier alpha value is -1.71. The fourth-order valence-electron chi connectivity index (χ4n) is 3.13. The summed E-state index contributed by atoms with van der Waals surface area (Å²) in [5.41, 5.74) is 1.06. The Morgan fingerprint density at radius 2 is 2.04 bits per heavy atom. The first kappa shape index (κ1) is 23.3. The maximum atomic E-state index is 12.0. The first-order valence-corrected chi connectivity index (χ1v) is 8.96. The van der Waals surface area contributed by atoms with E-state index in [0.717, 1.165) is 30.9 Å². The molecule has 1 saturated heterocycles. The van der Waals surface area contributed by atoms with Gasteiger partial charge in [-0.3, -0.25) is 9.79 Å². The average molecular weight is 491 g/mol. The Morgan fingerprint density at radius 1 is 1.30 bits per heavy atom. The van der Waals surface area contributed by atoms with E-state index in [-0.39, 0.29) is 35.9 Å². The highest BCUT2D eigenvalue weighted by Crippen LogP contribution is 2.27. The summed E-state index contributed by atoms with van der Waals surface area (Å²) in [7, 11) is 5.00. The number of likely N-dealkylation sites (tertiary alicyclic amines) is 1. The highest BCUT2D eigenvalue weighted by Gasteiger charge is 2.28. The van der Waals surface area contributed by atoms with Gasteiger partial charge < -0.3 is 24.4 Å². The zero-order chi connectivity index (χ0) is 18.9. The van der Waals surface area contributed by atoms with Crippen LogP contribution >= 0.6 is 24.0 Å². The number of carbonyl (C=O) groups is 1. The first-order chi connectivity index (χ1) is 12.6. The van der Waals surface area contributed by atoms with Crippen LogP contribution in [0.3, 0.4) is 0 Å². The van der Waals surface area contributed by atoms with E-state index in [1.165, 1.54) is 0 Å². The molecule has 0 saturated carbocycles. The van der Waals surface area contributed by atoms with Crippen molar-refractivity contribution in [2.24, 2.45) is 10.9 Å². The number of nitrogens with one attached hydrogen (secondary N) is 1. The number of esters is 1. The van der Waals surface area contributed by atoms with Crippen LogP contribution in [0.2, 0.25) is 0 Å². The van der Waals surface area contributed by atoms with Gasteiger partial charge in [0.2, 0.25) is 0 Å². The number of aliphatic imine (C=N–C) groups is 1. The minimum Gasteiger partial charge on any atom is -0.493 e. The van der Waals surface area contributed by atoms with Crippen molar-refractivity contribution in [2.45, 2.75) is 26.3 Å². The molecule has 0 amide bonds. The number of hydrogen-bond donors (Lipinski definition) is 1. The Morgan fingerprint density at radius 3 is 2.67 bits per heavy atom. The Balaban J connectivity index is 0.00000364. The molecule has 1 atom stereocenters. The molecule has 27 heavy (non-hydrogen) atoms. The van der Waals surface area contributed by atoms with Gasteiger partial charge in [0.05, 0.1) is 26.7 Å². The fourth-order valence-corrected chi connectivity index (χ4v) is 3.13. The number of carbonyl (C=O) groups excluding carboxylic acids is 1. The summed E-state index contributed by atoms with van der Waals surface area (Å²) in [4.78, 5) is 18.5. The lowest BCUT2D eigenvalue weighted by molar-refractivity contribution is -0.149. The van der Waals surface area contributed by atoms with Gasteiger partial charge in [0, 0.05) is 26.7 Å². The van der Waals surface area contributed by atoms with Crippen LogP contribution in [0.4, 0.5) is 0 Å². The lowest BCUT2D eigenvalue weighted by Crippen LogP contribution is -2.48. The second-order valence-electron chi connectivity index (χ2n) is 6.13. The van der Waals surface area contributed by atoms with Crippen LogP contribution in [-0.4, -0.2) is 57.8 Å². The number of ether oxygens (including phenoxy) is 3. The molecule has 0 bridgehead atoms. The second-order valence-corrected chi connectivity index (χ2v) is 6.13. The number of hydrogen-bond acceptors (Lipinski definition) is 5. The van der Waals surface area contributed by atoms with E-state index in [1.807, 2.05) is 25.1 Å². The minimum atomic E-state index is -0.118. The highest BCUT2D eigenvalue weighted by atomic mass is 127. The first-order valence-electron chi connectivity index (χ1n) is 8.96. The number of rotatable bonds is 6. The average Bonchev–Trinajstić information content (AvgIpc) is 2.68. The zero-order valence-corrected chi connectivity index (χ0v) is 18.8. The standard InChI is InChI=1S/C19H29N3O4.HI/c1-5-26-18(23)15-7-6-10-22(13-15)19(20-2)21-12-14-8-9-16(24-3)17(11-14)25-4;/h8-9,11,15H,5-7,10,12-13H2,1-4H3,(H,20,21);1H. The maximum Gasteiger partial charge on any atom is 0.310 e. The Kier molecular flexibility index (Phi) is 10.3. The van der Waals surface area contributed by atoms with Gasteiger partial charge in [-0.1, -0.05) is 6.07 Å². The minimum absolute atomic E-state index is 0. The van der Waals surface area contributed by atoms with Crippen molar-refractivity contribution < 1.29 is 19.0 Å². The van der Waals surface area contributed by atoms with E-state index in [0.29, 0.717) is 31.2 Å². The van der Waals surface area contributed by atoms with Gasteiger partial charge in [-0.25, -0.2) is 0 Å². The van der Waals surface area contributed by atoms with E-state index in [4.69, 9.17) is 14.2 Å². The number of guanidine groups is 1. The van der Waals surface area contributed by atoms with E-state index >= 15 is 0 Å². The predicted molar refractivity (Wildman–Crippen MR) is 116 cm³/mol. The topological polar surface area (TPSA) is 72.4 Å². The lowest BCUT2D eigenvalue weighted by atomic mass is 9.98. The summed E-state index contributed by atoms with van der Waals surface area (Å²) in [5.74, 6) is 1.97. The molecule has 1 aliphatic heterocycles. The summed E-state index contributed by atoms with van der Waals surface area (Å²) in [5, 5.41) is 3.36. The summed E-state index contributed by atoms with van der Waals surface area (Å²) in [6.07, 6.45) is 1.81. The van der Waals surface area contributed by atoms with E-state index in [9.17, 15) is 4.79 Å². The monoisotopic (exact) mass is 491 g/mol. The molecule has 8 heteroatoms. The van der Waals surface area contributed by atoms with Gasteiger partial charge in [-0.05, 0) is 37.5 Å². The molecule has 1 unspecified atom stereocenters. The third-order valence-electron chi connectivity index (χ3n) is 4.45. The normalized spacial score (nSPS) is 17.0. The van der Waals surface area contributed by atoms with Crippen LogP contribution in [0, 0.1) is 5.92 Å². The van der Waals surface area contributed by atoms with Gasteiger partial charge in [0.1, 0.15) is 0 Å². The number of benzene rings is 1. The van der Waals surface area contributed by atoms with Crippen molar-refractivity contribution in [3.05, 3.63) is 23.8 Å². The molecule has 1 aliphatic rings. The molecular weight excluding hydrogens is 461 g/mol. The van der Waals surface area contributed by atoms with Crippen molar-refractivity contribution in [1.29, 1.82) is 0 Å². The van der Waals surface area contributed by atoms with Gasteiger partial charge in [-0.2, -0.15) is 0 Å². The smallest absolute Gasteiger partial charge is 0.310 e. The van der Waals surface area contributed by atoms with Gasteiger partial charge in [0.15, 0.2) is 17.5 Å². The van der Waals surface area contributed by atoms with Crippen molar-refractivity contribution in [1.82, 2.24) is 10.2 Å². The number of nitrogens with zero attached hydrogens (tertiary/aromatic N) is 2. The molecule has 1 aromatic rings. The zero-order valence-electron chi connectivity index (χ0n) is 16.5. The molecular formula is C19H30IN3O4. The molecule has 1 fully saturated rings. The maximum absolute atomic E-state index is 12.0. The molecule has 0 spiro atoms. The number of halogens is 1.